The second-order valence-electron chi connectivity index (χ2n) is 0.451. The number of hydrogen-bond acceptors (Lipinski definition) is 3. The molecule has 0 radical (unpaired) electrons. The zero-order chi connectivity index (χ0) is 6.50. The SMILES string of the molecule is O=P([O-])(O)F.[K+].[O]=[V]. The van der Waals surface area contributed by atoms with Crippen molar-refractivity contribution < 1.29 is 91.0 Å². The van der Waals surface area contributed by atoms with E-state index in [2.05, 4.69) is 0 Å². The van der Waals surface area contributed by atoms with Gasteiger partial charge in [-0.2, -0.15) is 4.20 Å². The molecule has 1 atom stereocenters. The Morgan fingerprint density at radius 1 is 1.62 bits per heavy atom. The summed E-state index contributed by atoms with van der Waals surface area (Å²) in [6.45, 7) is 0. The minimum atomic E-state index is -5.39. The molecule has 1 N–H and O–H groups in total. The van der Waals surface area contributed by atoms with Gasteiger partial charge in [0.25, 0.3) is 0 Å². The molecule has 0 spiro atoms. The average Bonchev–Trinajstić information content (AvgIpc) is 1.36. The molecule has 0 aromatic rings. The summed E-state index contributed by atoms with van der Waals surface area (Å²) < 4.78 is 27.0. The predicted octanol–water partition coefficient (Wildman–Crippen LogP) is -3.70. The van der Waals surface area contributed by atoms with E-state index in [0.717, 1.165) is 17.4 Å². The van der Waals surface area contributed by atoms with Crippen LogP contribution in [0.5, 0.6) is 0 Å². The predicted molar refractivity (Wildman–Crippen MR) is 11.6 cm³/mol. The molecule has 0 saturated heterocycles. The van der Waals surface area contributed by atoms with Gasteiger partial charge in [0.05, 0.1) is 0 Å². The number of halogens is 1. The van der Waals surface area contributed by atoms with Crippen LogP contribution in [0.4, 0.5) is 4.20 Å². The van der Waals surface area contributed by atoms with Crippen LogP contribution in [0.15, 0.2) is 0 Å². The van der Waals surface area contributed by atoms with Gasteiger partial charge < -0.3 is 9.79 Å². The Morgan fingerprint density at radius 3 is 1.62 bits per heavy atom. The molecule has 0 saturated carbocycles. The van der Waals surface area contributed by atoms with Crippen molar-refractivity contribution in [2.24, 2.45) is 0 Å². The van der Waals surface area contributed by atoms with E-state index in [1.807, 2.05) is 0 Å². The van der Waals surface area contributed by atoms with Crippen molar-refractivity contribution in [3.63, 3.8) is 0 Å². The third-order valence-corrected chi connectivity index (χ3v) is 0. The molecule has 4 nitrogen and oxygen atoms in total. The monoisotopic (exact) mass is 205 g/mol. The molecule has 43 valence electrons. The average molecular weight is 205 g/mol. The molecule has 0 aromatic heterocycles. The van der Waals surface area contributed by atoms with Gasteiger partial charge in [0, 0.05) is 0 Å². The van der Waals surface area contributed by atoms with Crippen molar-refractivity contribution in [3.8, 4) is 0 Å². The molecule has 8 heavy (non-hydrogen) atoms. The van der Waals surface area contributed by atoms with Crippen LogP contribution < -0.4 is 56.3 Å². The molecule has 8 heteroatoms. The van der Waals surface area contributed by atoms with Crippen LogP contribution in [0.2, 0.25) is 0 Å². The van der Waals surface area contributed by atoms with Crippen molar-refractivity contribution in [2.45, 2.75) is 0 Å². The van der Waals surface area contributed by atoms with E-state index in [-0.39, 0.29) is 51.4 Å². The number of hydrogen-bond donors (Lipinski definition) is 1. The molecule has 0 rings (SSSR count). The molecule has 0 amide bonds. The summed E-state index contributed by atoms with van der Waals surface area (Å²) in [7, 11) is -5.39. The number of rotatable bonds is 0. The van der Waals surface area contributed by atoms with Crippen molar-refractivity contribution in [1.82, 2.24) is 0 Å². The zero-order valence-corrected chi connectivity index (χ0v) is 9.36. The Hall–Kier alpha value is 2.10. The van der Waals surface area contributed by atoms with Gasteiger partial charge in [-0.25, -0.2) is 0 Å². The first-order valence-corrected chi connectivity index (χ1v) is 2.96. The second kappa shape index (κ2) is 9.10. The molecule has 0 aromatic carbocycles. The third kappa shape index (κ3) is 92.6. The van der Waals surface area contributed by atoms with Gasteiger partial charge in [0.1, 0.15) is 0 Å². The summed E-state index contributed by atoms with van der Waals surface area (Å²) in [4.78, 5) is 15.4. The van der Waals surface area contributed by atoms with Gasteiger partial charge >= 0.3 is 80.3 Å². The van der Waals surface area contributed by atoms with E-state index < -0.39 is 7.91 Å². The van der Waals surface area contributed by atoms with Gasteiger partial charge in [-0.05, 0) is 0 Å². The molecule has 1 unspecified atom stereocenters. The van der Waals surface area contributed by atoms with Crippen molar-refractivity contribution in [1.29, 1.82) is 0 Å². The molecule has 0 aliphatic rings. The first kappa shape index (κ1) is 16.6. The van der Waals surface area contributed by atoms with E-state index in [4.69, 9.17) is 18.0 Å². The summed E-state index contributed by atoms with van der Waals surface area (Å²) in [5.74, 6) is 0. The van der Waals surface area contributed by atoms with Crippen molar-refractivity contribution >= 4 is 7.91 Å². The molecule has 0 bridgehead atoms. The summed E-state index contributed by atoms with van der Waals surface area (Å²) in [5, 5.41) is 0. The Morgan fingerprint density at radius 2 is 1.62 bits per heavy atom. The Bertz CT molecular complexity index is 71.8. The minimum absolute atomic E-state index is 0. The van der Waals surface area contributed by atoms with Crippen molar-refractivity contribution in [2.75, 3.05) is 0 Å². The Labute approximate surface area is 97.1 Å². The van der Waals surface area contributed by atoms with Crippen LogP contribution in [0.25, 0.3) is 0 Å². The first-order chi connectivity index (χ1) is 3.00. The molecular weight excluding hydrogens is 204 g/mol. The maximum absolute atomic E-state index is 10.2. The second-order valence-corrected chi connectivity index (χ2v) is 1.35. The summed E-state index contributed by atoms with van der Waals surface area (Å²) in [5.41, 5.74) is 0. The van der Waals surface area contributed by atoms with Crippen LogP contribution in [0.3, 0.4) is 0 Å². The molecule has 0 aliphatic heterocycles. The van der Waals surface area contributed by atoms with Gasteiger partial charge in [0.15, 0.2) is 0 Å². The fourth-order valence-corrected chi connectivity index (χ4v) is 0. The quantitative estimate of drug-likeness (QED) is 0.326. The van der Waals surface area contributed by atoms with Crippen LogP contribution in [0.1, 0.15) is 0 Å². The summed E-state index contributed by atoms with van der Waals surface area (Å²) >= 11 is 1.06. The van der Waals surface area contributed by atoms with Gasteiger partial charge in [0.2, 0.25) is 0 Å². The van der Waals surface area contributed by atoms with Crippen LogP contribution in [-0.4, -0.2) is 4.89 Å². The molecule has 0 aliphatic carbocycles. The van der Waals surface area contributed by atoms with Gasteiger partial charge in [-0.15, -0.1) is 0 Å². The molecular formula is HFKO4PV. The summed E-state index contributed by atoms with van der Waals surface area (Å²) in [6, 6.07) is 0. The fourth-order valence-electron chi connectivity index (χ4n) is 0. The van der Waals surface area contributed by atoms with E-state index in [1.54, 1.807) is 0 Å². The molecule has 0 fully saturated rings. The standard InChI is InChI=1S/FH2O3P.K.O.V/c1-5(2,3)4;;;/h(H2,2,3,4);;;/q;+1;;/p-1. The normalized spacial score (nSPS) is 13.8. The zero-order valence-electron chi connectivity index (χ0n) is 3.94. The fraction of sp³-hybridized carbons (Fsp3) is 0. The van der Waals surface area contributed by atoms with E-state index >= 15 is 0 Å². The summed E-state index contributed by atoms with van der Waals surface area (Å²) in [6.07, 6.45) is 0. The van der Waals surface area contributed by atoms with Crippen molar-refractivity contribution in [3.05, 3.63) is 0 Å². The van der Waals surface area contributed by atoms with Crippen LogP contribution in [-0.2, 0) is 25.6 Å². The topological polar surface area (TPSA) is 77.4 Å². The first-order valence-electron chi connectivity index (χ1n) is 0.917. The van der Waals surface area contributed by atoms with E-state index in [9.17, 15) is 4.20 Å². The van der Waals surface area contributed by atoms with E-state index in [0.29, 0.717) is 0 Å². The van der Waals surface area contributed by atoms with Gasteiger partial charge in [-0.3, -0.25) is 4.57 Å². The Balaban J connectivity index is -0.0000000750. The molecule has 0 heterocycles. The third-order valence-electron chi connectivity index (χ3n) is 0. The van der Waals surface area contributed by atoms with Gasteiger partial charge in [-0.1, -0.05) is 0 Å². The maximum atomic E-state index is 10.2. The van der Waals surface area contributed by atoms with E-state index in [1.165, 1.54) is 0 Å². The van der Waals surface area contributed by atoms with Crippen LogP contribution >= 0.6 is 7.91 Å². The van der Waals surface area contributed by atoms with Crippen LogP contribution in [0, 0.1) is 0 Å². The Kier molecular flexibility index (Phi) is 18.9.